The summed E-state index contributed by atoms with van der Waals surface area (Å²) >= 11 is 0. The lowest BCUT2D eigenvalue weighted by molar-refractivity contribution is 0.0997. The molecule has 0 aliphatic carbocycles. The Balaban J connectivity index is 1.36. The molecule has 1 fully saturated rings. The van der Waals surface area contributed by atoms with E-state index >= 15 is 0 Å². The highest BCUT2D eigenvalue weighted by atomic mass is 16.4. The molecule has 174 valence electrons. The number of furan rings is 1. The van der Waals surface area contributed by atoms with E-state index in [0.29, 0.717) is 35.9 Å². The van der Waals surface area contributed by atoms with Crippen LogP contribution in [-0.2, 0) is 0 Å². The summed E-state index contributed by atoms with van der Waals surface area (Å²) in [5.74, 6) is 0.294. The lowest BCUT2D eigenvalue weighted by atomic mass is 10.1. The second-order valence-corrected chi connectivity index (χ2v) is 8.35. The van der Waals surface area contributed by atoms with Crippen molar-refractivity contribution in [3.63, 3.8) is 0 Å². The molecule has 5 rings (SSSR count). The summed E-state index contributed by atoms with van der Waals surface area (Å²) in [7, 11) is 0. The standard InChI is InChI=1S/C23H24N8O3/c1-14(2)27-23(33)30-11-16(12-30)31-13-18(21(29-31)17-5-3-4-8-24-17)28-22(32)20-7-6-19(34-20)15-9-25-26-10-15/h3-10,13-14,16H,11-12H2,1-2H3,(H,25,26)(H,27,33)(H,28,32). The number of hydrogen-bond donors (Lipinski definition) is 3. The van der Waals surface area contributed by atoms with Gasteiger partial charge in [0.15, 0.2) is 5.76 Å². The second kappa shape index (κ2) is 8.85. The lowest BCUT2D eigenvalue weighted by Gasteiger charge is -2.39. The average molecular weight is 460 g/mol. The monoisotopic (exact) mass is 460 g/mol. The molecule has 11 nitrogen and oxygen atoms in total. The van der Waals surface area contributed by atoms with E-state index in [1.807, 2.05) is 32.0 Å². The van der Waals surface area contributed by atoms with E-state index in [-0.39, 0.29) is 23.9 Å². The number of H-pyrrole nitrogens is 1. The van der Waals surface area contributed by atoms with E-state index in [9.17, 15) is 9.59 Å². The second-order valence-electron chi connectivity index (χ2n) is 8.35. The van der Waals surface area contributed by atoms with Gasteiger partial charge < -0.3 is 20.0 Å². The molecule has 5 heterocycles. The van der Waals surface area contributed by atoms with Crippen LogP contribution in [0.1, 0.15) is 30.4 Å². The van der Waals surface area contributed by atoms with Gasteiger partial charge in [0.25, 0.3) is 5.91 Å². The van der Waals surface area contributed by atoms with E-state index in [1.54, 1.807) is 46.5 Å². The molecule has 0 saturated carbocycles. The third-order valence-corrected chi connectivity index (χ3v) is 5.44. The highest BCUT2D eigenvalue weighted by Gasteiger charge is 2.33. The molecular weight excluding hydrogens is 436 g/mol. The summed E-state index contributed by atoms with van der Waals surface area (Å²) in [4.78, 5) is 31.2. The smallest absolute Gasteiger partial charge is 0.317 e. The molecule has 0 aromatic carbocycles. The van der Waals surface area contributed by atoms with Gasteiger partial charge in [-0.2, -0.15) is 10.2 Å². The number of anilines is 1. The van der Waals surface area contributed by atoms with Gasteiger partial charge in [0.2, 0.25) is 0 Å². The molecule has 4 aromatic rings. The number of pyridine rings is 1. The maximum atomic E-state index is 12.9. The van der Waals surface area contributed by atoms with Crippen LogP contribution < -0.4 is 10.6 Å². The Labute approximate surface area is 195 Å². The van der Waals surface area contributed by atoms with Crippen LogP contribution in [0.5, 0.6) is 0 Å². The molecule has 3 amide bonds. The first-order valence-corrected chi connectivity index (χ1v) is 10.9. The maximum absolute atomic E-state index is 12.9. The van der Waals surface area contributed by atoms with Gasteiger partial charge in [-0.1, -0.05) is 6.07 Å². The molecule has 0 spiro atoms. The van der Waals surface area contributed by atoms with Gasteiger partial charge in [-0.15, -0.1) is 0 Å². The molecule has 0 unspecified atom stereocenters. The number of amides is 3. The van der Waals surface area contributed by atoms with Crippen LogP contribution in [0.15, 0.2) is 59.5 Å². The third kappa shape index (κ3) is 4.27. The van der Waals surface area contributed by atoms with Crippen molar-refractivity contribution in [3.8, 4) is 22.7 Å². The fourth-order valence-corrected chi connectivity index (χ4v) is 3.67. The number of rotatable bonds is 6. The largest absolute Gasteiger partial charge is 0.451 e. The van der Waals surface area contributed by atoms with Crippen molar-refractivity contribution in [2.75, 3.05) is 18.4 Å². The van der Waals surface area contributed by atoms with Crippen molar-refractivity contribution in [2.45, 2.75) is 25.9 Å². The predicted octanol–water partition coefficient (Wildman–Crippen LogP) is 3.16. The first kappa shape index (κ1) is 21.4. The highest BCUT2D eigenvalue weighted by molar-refractivity contribution is 6.04. The van der Waals surface area contributed by atoms with Crippen LogP contribution in [0.4, 0.5) is 10.5 Å². The lowest BCUT2D eigenvalue weighted by Crippen LogP contribution is -2.55. The Kier molecular flexibility index (Phi) is 5.58. The number of nitrogens with zero attached hydrogens (tertiary/aromatic N) is 5. The van der Waals surface area contributed by atoms with Crippen LogP contribution in [0.3, 0.4) is 0 Å². The first-order valence-electron chi connectivity index (χ1n) is 10.9. The molecule has 34 heavy (non-hydrogen) atoms. The van der Waals surface area contributed by atoms with Crippen LogP contribution in [0.2, 0.25) is 0 Å². The normalized spacial score (nSPS) is 13.7. The summed E-state index contributed by atoms with van der Waals surface area (Å²) in [6.45, 7) is 4.91. The van der Waals surface area contributed by atoms with Gasteiger partial charge in [-0.3, -0.25) is 19.6 Å². The Morgan fingerprint density at radius 1 is 1.21 bits per heavy atom. The summed E-state index contributed by atoms with van der Waals surface area (Å²) in [6.07, 6.45) is 6.75. The van der Waals surface area contributed by atoms with E-state index in [1.165, 1.54) is 0 Å². The third-order valence-electron chi connectivity index (χ3n) is 5.44. The molecular formula is C23H24N8O3. The predicted molar refractivity (Wildman–Crippen MR) is 124 cm³/mol. The molecule has 11 heteroatoms. The molecule has 0 radical (unpaired) electrons. The number of aromatic amines is 1. The first-order chi connectivity index (χ1) is 16.5. The number of aromatic nitrogens is 5. The number of hydrogen-bond acceptors (Lipinski definition) is 6. The Bertz CT molecular complexity index is 1290. The van der Waals surface area contributed by atoms with Crippen molar-refractivity contribution in [2.24, 2.45) is 0 Å². The summed E-state index contributed by atoms with van der Waals surface area (Å²) in [5.41, 5.74) is 2.43. The van der Waals surface area contributed by atoms with E-state index in [0.717, 1.165) is 5.56 Å². The number of carbonyl (C=O) groups excluding carboxylic acids is 2. The van der Waals surface area contributed by atoms with Crippen molar-refractivity contribution >= 4 is 17.6 Å². The van der Waals surface area contributed by atoms with Gasteiger partial charge in [-0.25, -0.2) is 4.79 Å². The number of carbonyl (C=O) groups is 2. The summed E-state index contributed by atoms with van der Waals surface area (Å²) < 4.78 is 7.48. The van der Waals surface area contributed by atoms with Gasteiger partial charge in [0.1, 0.15) is 11.5 Å². The topological polar surface area (TPSA) is 134 Å². The van der Waals surface area contributed by atoms with Crippen molar-refractivity contribution in [1.82, 2.24) is 35.2 Å². The molecule has 0 atom stereocenters. The van der Waals surface area contributed by atoms with E-state index in [2.05, 4.69) is 30.9 Å². The van der Waals surface area contributed by atoms with E-state index < -0.39 is 5.91 Å². The molecule has 3 N–H and O–H groups in total. The fourth-order valence-electron chi connectivity index (χ4n) is 3.67. The summed E-state index contributed by atoms with van der Waals surface area (Å²) in [5, 5.41) is 17.1. The number of nitrogens with one attached hydrogen (secondary N) is 3. The van der Waals surface area contributed by atoms with Crippen molar-refractivity contribution in [1.29, 1.82) is 0 Å². The number of urea groups is 1. The van der Waals surface area contributed by atoms with Crippen molar-refractivity contribution < 1.29 is 14.0 Å². The molecule has 4 aromatic heterocycles. The minimum atomic E-state index is -0.405. The fraction of sp³-hybridized carbons (Fsp3) is 0.261. The Hall–Kier alpha value is -4.41. The maximum Gasteiger partial charge on any atom is 0.317 e. The average Bonchev–Trinajstić information content (AvgIpc) is 3.53. The zero-order valence-electron chi connectivity index (χ0n) is 18.7. The minimum absolute atomic E-state index is 0.00216. The number of likely N-dealkylation sites (tertiary alicyclic amines) is 1. The van der Waals surface area contributed by atoms with Gasteiger partial charge in [0.05, 0.1) is 29.2 Å². The molecule has 1 aliphatic heterocycles. The molecule has 1 saturated heterocycles. The van der Waals surface area contributed by atoms with Gasteiger partial charge >= 0.3 is 6.03 Å². The van der Waals surface area contributed by atoms with Crippen LogP contribution in [0, 0.1) is 0 Å². The zero-order chi connectivity index (χ0) is 23.7. The van der Waals surface area contributed by atoms with Crippen LogP contribution in [0.25, 0.3) is 22.7 Å². The van der Waals surface area contributed by atoms with Crippen molar-refractivity contribution in [3.05, 3.63) is 60.9 Å². The van der Waals surface area contributed by atoms with Crippen LogP contribution >= 0.6 is 0 Å². The van der Waals surface area contributed by atoms with Gasteiger partial charge in [0, 0.05) is 37.7 Å². The molecule has 0 bridgehead atoms. The van der Waals surface area contributed by atoms with E-state index in [4.69, 9.17) is 4.42 Å². The quantitative estimate of drug-likeness (QED) is 0.405. The zero-order valence-corrected chi connectivity index (χ0v) is 18.7. The van der Waals surface area contributed by atoms with Gasteiger partial charge in [-0.05, 0) is 38.1 Å². The van der Waals surface area contributed by atoms with Crippen LogP contribution in [-0.4, -0.2) is 60.9 Å². The molecule has 1 aliphatic rings. The Morgan fingerprint density at radius 2 is 2.06 bits per heavy atom. The SMILES string of the molecule is CC(C)NC(=O)N1CC(n2cc(NC(=O)c3ccc(-c4cn[nH]c4)o3)c(-c3ccccn3)n2)C1. The highest BCUT2D eigenvalue weighted by Crippen LogP contribution is 2.30. The summed E-state index contributed by atoms with van der Waals surface area (Å²) in [6, 6.07) is 8.81. The minimum Gasteiger partial charge on any atom is -0.451 e. The Morgan fingerprint density at radius 3 is 2.76 bits per heavy atom.